The Morgan fingerprint density at radius 3 is 2.79 bits per heavy atom. The molecule has 39 heavy (non-hydrogen) atoms. The predicted octanol–water partition coefficient (Wildman–Crippen LogP) is 6.82. The minimum Gasteiger partial charge on any atom is -0.493 e. The van der Waals surface area contributed by atoms with E-state index in [1.807, 2.05) is 49.4 Å². The summed E-state index contributed by atoms with van der Waals surface area (Å²) < 4.78 is 18.8. The highest BCUT2D eigenvalue weighted by atomic mass is 35.5. The van der Waals surface area contributed by atoms with E-state index in [2.05, 4.69) is 18.8 Å². The van der Waals surface area contributed by atoms with E-state index >= 15 is 0 Å². The fourth-order valence-corrected chi connectivity index (χ4v) is 5.36. The molecule has 1 N–H and O–H groups in total. The van der Waals surface area contributed by atoms with Gasteiger partial charge in [0.1, 0.15) is 12.6 Å². The quantitative estimate of drug-likeness (QED) is 0.104. The lowest BCUT2D eigenvalue weighted by Gasteiger charge is -2.28. The van der Waals surface area contributed by atoms with E-state index in [-0.39, 0.29) is 6.61 Å². The van der Waals surface area contributed by atoms with Crippen molar-refractivity contribution < 1.29 is 19.0 Å². The van der Waals surface area contributed by atoms with E-state index in [9.17, 15) is 4.79 Å². The zero-order chi connectivity index (χ0) is 27.8. The van der Waals surface area contributed by atoms with E-state index < -0.39 is 12.0 Å². The lowest BCUT2D eigenvalue weighted by molar-refractivity contribution is -0.138. The topological polar surface area (TPSA) is 87.5 Å². The lowest BCUT2D eigenvalue weighted by Crippen LogP contribution is -2.29. The molecule has 1 aromatic heterocycles. The van der Waals surface area contributed by atoms with Gasteiger partial charge in [0.25, 0.3) is 0 Å². The summed E-state index contributed by atoms with van der Waals surface area (Å²) in [5.41, 5.74) is 2.84. The first-order valence-corrected chi connectivity index (χ1v) is 14.2. The Balaban J connectivity index is 1.68. The molecule has 0 aliphatic carbocycles. The maximum absolute atomic E-state index is 13.2. The van der Waals surface area contributed by atoms with Gasteiger partial charge in [0, 0.05) is 16.5 Å². The average Bonchev–Trinajstić information content (AvgIpc) is 3.35. The molecule has 3 aromatic rings. The fourth-order valence-electron chi connectivity index (χ4n) is 4.24. The van der Waals surface area contributed by atoms with Crippen LogP contribution in [0.2, 0.25) is 5.02 Å². The first kappa shape index (κ1) is 28.6. The number of benzene rings is 2. The molecular formula is C29H33ClN4O4S. The third kappa shape index (κ3) is 6.78. The van der Waals surface area contributed by atoms with Crippen molar-refractivity contribution in [3.05, 3.63) is 82.5 Å². The second-order valence-electron chi connectivity index (χ2n) is 8.96. The number of nitrogens with one attached hydrogen (secondary N) is 1. The molecule has 0 amide bonds. The second-order valence-corrected chi connectivity index (χ2v) is 10.3. The van der Waals surface area contributed by atoms with Crippen LogP contribution in [0.4, 0.5) is 5.95 Å². The SMILES string of the molecule is C=CCOC(=O)C1=C(C)Nc2nc(SCc3ccccc3Cl)nn2C1c1ccc(OCCCCC)c(OC)c1. The number of esters is 1. The van der Waals surface area contributed by atoms with Crippen molar-refractivity contribution >= 4 is 35.3 Å². The van der Waals surface area contributed by atoms with Crippen LogP contribution in [0.5, 0.6) is 11.5 Å². The number of allylic oxidation sites excluding steroid dienone is 1. The molecule has 0 radical (unpaired) electrons. The molecule has 2 aromatic carbocycles. The molecule has 206 valence electrons. The highest BCUT2D eigenvalue weighted by Crippen LogP contribution is 2.40. The van der Waals surface area contributed by atoms with E-state index in [4.69, 9.17) is 35.9 Å². The highest BCUT2D eigenvalue weighted by molar-refractivity contribution is 7.98. The molecule has 1 unspecified atom stereocenters. The number of halogens is 1. The number of nitrogens with zero attached hydrogens (tertiary/aromatic N) is 3. The Hall–Kier alpha value is -3.43. The summed E-state index contributed by atoms with van der Waals surface area (Å²) in [6.45, 7) is 8.34. The maximum Gasteiger partial charge on any atom is 0.338 e. The third-order valence-electron chi connectivity index (χ3n) is 6.21. The van der Waals surface area contributed by atoms with E-state index in [0.29, 0.717) is 51.3 Å². The van der Waals surface area contributed by atoms with Gasteiger partial charge in [0.05, 0.1) is 19.3 Å². The fraction of sp³-hybridized carbons (Fsp3) is 0.345. The molecule has 0 saturated heterocycles. The number of hydrogen-bond donors (Lipinski definition) is 1. The van der Waals surface area contributed by atoms with Crippen LogP contribution in [0.3, 0.4) is 0 Å². The number of anilines is 1. The van der Waals surface area contributed by atoms with Gasteiger partial charge < -0.3 is 19.5 Å². The van der Waals surface area contributed by atoms with Crippen molar-refractivity contribution in [1.82, 2.24) is 14.8 Å². The Labute approximate surface area is 238 Å². The summed E-state index contributed by atoms with van der Waals surface area (Å²) in [4.78, 5) is 17.9. The summed E-state index contributed by atoms with van der Waals surface area (Å²) in [5.74, 6) is 1.90. The number of rotatable bonds is 13. The number of ether oxygens (including phenoxy) is 3. The van der Waals surface area contributed by atoms with Crippen LogP contribution >= 0.6 is 23.4 Å². The molecule has 0 saturated carbocycles. The van der Waals surface area contributed by atoms with Gasteiger partial charge >= 0.3 is 5.97 Å². The van der Waals surface area contributed by atoms with Crippen molar-refractivity contribution in [3.63, 3.8) is 0 Å². The van der Waals surface area contributed by atoms with Gasteiger partial charge in [-0.1, -0.05) is 80.0 Å². The Kier molecular flexibility index (Phi) is 9.95. The number of fused-ring (bicyclic) bond motifs is 1. The van der Waals surface area contributed by atoms with E-state index in [1.54, 1.807) is 11.8 Å². The van der Waals surface area contributed by atoms with Gasteiger partial charge in [-0.15, -0.1) is 5.10 Å². The summed E-state index contributed by atoms with van der Waals surface area (Å²) >= 11 is 7.81. The number of methoxy groups -OCH3 is 1. The van der Waals surface area contributed by atoms with Crippen LogP contribution in [0.1, 0.15) is 50.3 Å². The molecule has 4 rings (SSSR count). The number of unbranched alkanes of at least 4 members (excludes halogenated alkanes) is 2. The smallest absolute Gasteiger partial charge is 0.338 e. The van der Waals surface area contributed by atoms with Gasteiger partial charge in [0.2, 0.25) is 11.1 Å². The minimum atomic E-state index is -0.594. The van der Waals surface area contributed by atoms with Crippen molar-refractivity contribution in [1.29, 1.82) is 0 Å². The monoisotopic (exact) mass is 568 g/mol. The van der Waals surface area contributed by atoms with Crippen LogP contribution in [0, 0.1) is 0 Å². The molecule has 0 bridgehead atoms. The molecule has 1 aliphatic heterocycles. The molecule has 8 nitrogen and oxygen atoms in total. The maximum atomic E-state index is 13.2. The van der Waals surface area contributed by atoms with Crippen LogP contribution < -0.4 is 14.8 Å². The van der Waals surface area contributed by atoms with Gasteiger partial charge in [-0.25, -0.2) is 9.48 Å². The van der Waals surface area contributed by atoms with Crippen molar-refractivity contribution in [2.24, 2.45) is 0 Å². The minimum absolute atomic E-state index is 0.0966. The number of carbonyl (C=O) groups is 1. The van der Waals surface area contributed by atoms with Crippen LogP contribution in [-0.2, 0) is 15.3 Å². The molecule has 1 aliphatic rings. The Morgan fingerprint density at radius 2 is 2.05 bits per heavy atom. The van der Waals surface area contributed by atoms with Gasteiger partial charge in [0.15, 0.2) is 11.5 Å². The second kappa shape index (κ2) is 13.6. The Morgan fingerprint density at radius 1 is 1.23 bits per heavy atom. The van der Waals surface area contributed by atoms with Gasteiger partial charge in [-0.05, 0) is 42.7 Å². The Bertz CT molecular complexity index is 1360. The predicted molar refractivity (Wildman–Crippen MR) is 155 cm³/mol. The van der Waals surface area contributed by atoms with E-state index in [1.165, 1.54) is 17.8 Å². The number of thioether (sulfide) groups is 1. The summed E-state index contributed by atoms with van der Waals surface area (Å²) in [6, 6.07) is 12.8. The summed E-state index contributed by atoms with van der Waals surface area (Å²) in [6.07, 6.45) is 4.72. The standard InChI is InChI=1S/C29H33ClN4O4S/c1-5-7-10-16-37-23-14-13-20(17-24(23)36-4)26-25(27(35)38-15-6-2)19(3)31-28-32-29(33-34(26)28)39-18-21-11-8-9-12-22(21)30/h6,8-9,11-14,17,26H,2,5,7,10,15-16,18H2,1,3-4H3,(H,31,32,33). The molecular weight excluding hydrogens is 536 g/mol. The number of hydrogen-bond acceptors (Lipinski definition) is 8. The van der Waals surface area contributed by atoms with Gasteiger partial charge in [-0.2, -0.15) is 4.98 Å². The largest absolute Gasteiger partial charge is 0.493 e. The van der Waals surface area contributed by atoms with Crippen LogP contribution in [0.15, 0.2) is 71.5 Å². The first-order chi connectivity index (χ1) is 19.0. The third-order valence-corrected chi connectivity index (χ3v) is 7.46. The van der Waals surface area contributed by atoms with Crippen molar-refractivity contribution in [3.8, 4) is 11.5 Å². The summed E-state index contributed by atoms with van der Waals surface area (Å²) in [5, 5.41) is 9.25. The average molecular weight is 569 g/mol. The number of aromatic nitrogens is 3. The summed E-state index contributed by atoms with van der Waals surface area (Å²) in [7, 11) is 1.60. The van der Waals surface area contributed by atoms with E-state index in [0.717, 1.165) is 30.4 Å². The molecule has 10 heteroatoms. The molecule has 1 atom stereocenters. The van der Waals surface area contributed by atoms with Crippen LogP contribution in [-0.4, -0.2) is 41.1 Å². The van der Waals surface area contributed by atoms with Crippen molar-refractivity contribution in [2.45, 2.75) is 50.1 Å². The number of carbonyl (C=O) groups excluding carboxylic acids is 1. The lowest BCUT2D eigenvalue weighted by atomic mass is 9.95. The highest BCUT2D eigenvalue weighted by Gasteiger charge is 2.35. The zero-order valence-corrected chi connectivity index (χ0v) is 24.0. The first-order valence-electron chi connectivity index (χ1n) is 12.9. The molecule has 2 heterocycles. The molecule has 0 fully saturated rings. The van der Waals surface area contributed by atoms with Gasteiger partial charge in [-0.3, -0.25) is 0 Å². The normalized spacial score (nSPS) is 14.4. The zero-order valence-electron chi connectivity index (χ0n) is 22.4. The van der Waals surface area contributed by atoms with Crippen molar-refractivity contribution in [2.75, 3.05) is 25.6 Å². The van der Waals surface area contributed by atoms with Crippen LogP contribution in [0.25, 0.3) is 0 Å². The molecule has 0 spiro atoms.